The molecule has 1 saturated carbocycles. The van der Waals surface area contributed by atoms with Crippen LogP contribution in [0.15, 0.2) is 0 Å². The van der Waals surface area contributed by atoms with E-state index in [4.69, 9.17) is 5.73 Å². The van der Waals surface area contributed by atoms with Gasteiger partial charge in [0, 0.05) is 18.9 Å². The summed E-state index contributed by atoms with van der Waals surface area (Å²) in [6, 6.07) is 0.154. The second kappa shape index (κ2) is 3.69. The van der Waals surface area contributed by atoms with Crippen molar-refractivity contribution in [1.82, 2.24) is 0 Å². The number of halogens is 2. The summed E-state index contributed by atoms with van der Waals surface area (Å²) >= 11 is 0. The molecule has 12 heavy (non-hydrogen) atoms. The molecule has 0 aromatic carbocycles. The van der Waals surface area contributed by atoms with E-state index in [9.17, 15) is 8.78 Å². The van der Waals surface area contributed by atoms with Gasteiger partial charge in [-0.05, 0) is 32.1 Å². The third kappa shape index (κ3) is 3.05. The maximum absolute atomic E-state index is 12.7. The Hall–Kier alpha value is -0.180. The van der Waals surface area contributed by atoms with E-state index in [0.717, 1.165) is 6.42 Å². The molecule has 0 aromatic rings. The first-order valence-corrected chi connectivity index (χ1v) is 4.63. The van der Waals surface area contributed by atoms with Crippen molar-refractivity contribution >= 4 is 0 Å². The molecule has 1 aliphatic carbocycles. The highest BCUT2D eigenvalue weighted by atomic mass is 19.3. The van der Waals surface area contributed by atoms with Gasteiger partial charge in [-0.3, -0.25) is 0 Å². The van der Waals surface area contributed by atoms with E-state index in [1.54, 1.807) is 0 Å². The van der Waals surface area contributed by atoms with Gasteiger partial charge in [0.1, 0.15) is 0 Å². The van der Waals surface area contributed by atoms with E-state index in [1.165, 1.54) is 0 Å². The van der Waals surface area contributed by atoms with E-state index in [-0.39, 0.29) is 18.9 Å². The lowest BCUT2D eigenvalue weighted by Gasteiger charge is -2.28. The highest BCUT2D eigenvalue weighted by molar-refractivity contribution is 4.78. The molecule has 1 aliphatic rings. The molecule has 1 rings (SSSR count). The van der Waals surface area contributed by atoms with Gasteiger partial charge in [0.25, 0.3) is 0 Å². The molecule has 0 radical (unpaired) electrons. The Kier molecular flexibility index (Phi) is 3.04. The summed E-state index contributed by atoms with van der Waals surface area (Å²) in [5.41, 5.74) is 5.60. The normalized spacial score (nSPS) is 27.0. The van der Waals surface area contributed by atoms with Gasteiger partial charge >= 0.3 is 0 Å². The molecule has 0 amide bonds. The van der Waals surface area contributed by atoms with Crippen molar-refractivity contribution in [2.45, 2.75) is 51.0 Å². The molecule has 0 aliphatic heterocycles. The van der Waals surface area contributed by atoms with Gasteiger partial charge in [0.05, 0.1) is 0 Å². The molecule has 1 nitrogen and oxygen atoms in total. The van der Waals surface area contributed by atoms with Crippen LogP contribution in [0, 0.1) is 5.92 Å². The van der Waals surface area contributed by atoms with Gasteiger partial charge in [-0.2, -0.15) is 0 Å². The van der Waals surface area contributed by atoms with Crippen LogP contribution >= 0.6 is 0 Å². The largest absolute Gasteiger partial charge is 0.328 e. The standard InChI is InChI=1S/C9H17F2N/c1-7(12)6-8-2-4-9(10,11)5-3-8/h7-8H,2-6,12H2,1H3/t7-/m0/s1. The minimum Gasteiger partial charge on any atom is -0.328 e. The van der Waals surface area contributed by atoms with E-state index in [0.29, 0.717) is 18.8 Å². The highest BCUT2D eigenvalue weighted by Gasteiger charge is 2.34. The Labute approximate surface area is 72.3 Å². The molecule has 0 spiro atoms. The van der Waals surface area contributed by atoms with Crippen molar-refractivity contribution in [3.63, 3.8) is 0 Å². The van der Waals surface area contributed by atoms with E-state index in [2.05, 4.69) is 0 Å². The zero-order chi connectivity index (χ0) is 9.19. The molecule has 2 N–H and O–H groups in total. The maximum atomic E-state index is 12.7. The Morgan fingerprint density at radius 2 is 1.92 bits per heavy atom. The summed E-state index contributed by atoms with van der Waals surface area (Å²) in [5.74, 6) is -1.96. The molecule has 3 heteroatoms. The molecule has 0 unspecified atom stereocenters. The number of nitrogens with two attached hydrogens (primary N) is 1. The average molecular weight is 177 g/mol. The fraction of sp³-hybridized carbons (Fsp3) is 1.00. The first kappa shape index (κ1) is 9.90. The average Bonchev–Trinajstić information content (AvgIpc) is 1.93. The van der Waals surface area contributed by atoms with Crippen LogP contribution < -0.4 is 5.73 Å². The first-order chi connectivity index (χ1) is 5.49. The molecular formula is C9H17F2N. The molecule has 0 saturated heterocycles. The number of hydrogen-bond acceptors (Lipinski definition) is 1. The fourth-order valence-electron chi connectivity index (χ4n) is 1.86. The summed E-state index contributed by atoms with van der Waals surface area (Å²) in [5, 5.41) is 0. The molecule has 72 valence electrons. The predicted molar refractivity (Wildman–Crippen MR) is 45.2 cm³/mol. The molecule has 1 atom stereocenters. The lowest BCUT2D eigenvalue weighted by atomic mass is 9.83. The van der Waals surface area contributed by atoms with Crippen LogP contribution in [0.1, 0.15) is 39.0 Å². The van der Waals surface area contributed by atoms with Crippen molar-refractivity contribution in [2.75, 3.05) is 0 Å². The number of hydrogen-bond donors (Lipinski definition) is 1. The van der Waals surface area contributed by atoms with Crippen molar-refractivity contribution in [1.29, 1.82) is 0 Å². The highest BCUT2D eigenvalue weighted by Crippen LogP contribution is 2.37. The van der Waals surface area contributed by atoms with Crippen LogP contribution in [0.2, 0.25) is 0 Å². The lowest BCUT2D eigenvalue weighted by molar-refractivity contribution is -0.0469. The minimum absolute atomic E-state index is 0.0599. The first-order valence-electron chi connectivity index (χ1n) is 4.63. The van der Waals surface area contributed by atoms with Gasteiger partial charge in [-0.25, -0.2) is 8.78 Å². The van der Waals surface area contributed by atoms with E-state index < -0.39 is 5.92 Å². The summed E-state index contributed by atoms with van der Waals surface area (Å²) in [6.07, 6.45) is 2.31. The number of rotatable bonds is 2. The Morgan fingerprint density at radius 1 is 1.42 bits per heavy atom. The van der Waals surface area contributed by atoms with Crippen LogP contribution in [0.3, 0.4) is 0 Å². The third-order valence-electron chi connectivity index (χ3n) is 2.54. The summed E-state index contributed by atoms with van der Waals surface area (Å²) in [6.45, 7) is 1.94. The zero-order valence-electron chi connectivity index (χ0n) is 7.52. The predicted octanol–water partition coefficient (Wildman–Crippen LogP) is 2.55. The van der Waals surface area contributed by atoms with Crippen LogP contribution in [0.5, 0.6) is 0 Å². The lowest BCUT2D eigenvalue weighted by Crippen LogP contribution is -2.28. The molecule has 0 aromatic heterocycles. The van der Waals surface area contributed by atoms with Crippen molar-refractivity contribution in [3.8, 4) is 0 Å². The molecule has 0 bridgehead atoms. The van der Waals surface area contributed by atoms with Gasteiger partial charge in [0.2, 0.25) is 5.92 Å². The molecule has 0 heterocycles. The van der Waals surface area contributed by atoms with Gasteiger partial charge in [-0.1, -0.05) is 0 Å². The van der Waals surface area contributed by atoms with Crippen LogP contribution in [0.4, 0.5) is 8.78 Å². The van der Waals surface area contributed by atoms with Crippen LogP contribution in [-0.2, 0) is 0 Å². The fourth-order valence-corrected chi connectivity index (χ4v) is 1.86. The minimum atomic E-state index is -2.39. The summed E-state index contributed by atoms with van der Waals surface area (Å²) in [7, 11) is 0. The third-order valence-corrected chi connectivity index (χ3v) is 2.54. The van der Waals surface area contributed by atoms with Gasteiger partial charge in [0.15, 0.2) is 0 Å². The van der Waals surface area contributed by atoms with Gasteiger partial charge < -0.3 is 5.73 Å². The van der Waals surface area contributed by atoms with E-state index >= 15 is 0 Å². The Bertz CT molecular complexity index is 135. The SMILES string of the molecule is C[C@H](N)CC1CCC(F)(F)CC1. The van der Waals surface area contributed by atoms with Crippen LogP contribution in [-0.4, -0.2) is 12.0 Å². The van der Waals surface area contributed by atoms with E-state index in [1.807, 2.05) is 6.92 Å². The topological polar surface area (TPSA) is 26.0 Å². The maximum Gasteiger partial charge on any atom is 0.248 e. The van der Waals surface area contributed by atoms with Crippen molar-refractivity contribution < 1.29 is 8.78 Å². The monoisotopic (exact) mass is 177 g/mol. The summed E-state index contributed by atoms with van der Waals surface area (Å²) < 4.78 is 25.4. The molecular weight excluding hydrogens is 160 g/mol. The zero-order valence-corrected chi connectivity index (χ0v) is 7.52. The second-order valence-corrected chi connectivity index (χ2v) is 4.01. The smallest absolute Gasteiger partial charge is 0.248 e. The second-order valence-electron chi connectivity index (χ2n) is 4.01. The van der Waals surface area contributed by atoms with Gasteiger partial charge in [-0.15, -0.1) is 0 Å². The quantitative estimate of drug-likeness (QED) is 0.689. The van der Waals surface area contributed by atoms with Crippen LogP contribution in [0.25, 0.3) is 0 Å². The summed E-state index contributed by atoms with van der Waals surface area (Å²) in [4.78, 5) is 0. The van der Waals surface area contributed by atoms with Crippen molar-refractivity contribution in [3.05, 3.63) is 0 Å². The van der Waals surface area contributed by atoms with Crippen molar-refractivity contribution in [2.24, 2.45) is 11.7 Å². The Morgan fingerprint density at radius 3 is 2.33 bits per heavy atom. The number of alkyl halides is 2. The molecule has 1 fully saturated rings. The Balaban J connectivity index is 2.27.